The summed E-state index contributed by atoms with van der Waals surface area (Å²) in [5.41, 5.74) is 2.16. The van der Waals surface area contributed by atoms with Crippen molar-refractivity contribution in [2.75, 3.05) is 19.4 Å². The maximum Gasteiger partial charge on any atom is 0.273 e. The van der Waals surface area contributed by atoms with Gasteiger partial charge in [-0.1, -0.05) is 24.3 Å². The van der Waals surface area contributed by atoms with Crippen LogP contribution in [0.25, 0.3) is 0 Å². The molecule has 0 saturated heterocycles. The smallest absolute Gasteiger partial charge is 0.273 e. The number of rotatable bonds is 7. The van der Waals surface area contributed by atoms with Gasteiger partial charge in [-0.3, -0.25) is 14.3 Å². The highest BCUT2D eigenvalue weighted by Gasteiger charge is 2.21. The molecule has 0 aliphatic carbocycles. The van der Waals surface area contributed by atoms with Crippen molar-refractivity contribution in [2.24, 2.45) is 0 Å². The fourth-order valence-electron chi connectivity index (χ4n) is 2.82. The van der Waals surface area contributed by atoms with Crippen LogP contribution in [-0.4, -0.2) is 40.6 Å². The van der Waals surface area contributed by atoms with E-state index in [1.54, 1.807) is 30.9 Å². The summed E-state index contributed by atoms with van der Waals surface area (Å²) in [6.07, 6.45) is 1.50. The lowest BCUT2D eigenvalue weighted by molar-refractivity contribution is 0.0816. The number of carbonyl (C=O) groups excluding carboxylic acids is 2. The minimum atomic E-state index is -0.309. The summed E-state index contributed by atoms with van der Waals surface area (Å²) in [5, 5.41) is 6.99. The number of hydrogen-bond donors (Lipinski definition) is 1. The largest absolute Gasteiger partial charge is 0.488 e. The average molecular weight is 471 g/mol. The third-order valence-corrected chi connectivity index (χ3v) is 5.10. The van der Waals surface area contributed by atoms with Crippen molar-refractivity contribution in [3.8, 4) is 5.75 Å². The van der Waals surface area contributed by atoms with Gasteiger partial charge in [0, 0.05) is 26.2 Å². The monoisotopic (exact) mass is 470 g/mol. The summed E-state index contributed by atoms with van der Waals surface area (Å²) in [6.45, 7) is 2.80. The van der Waals surface area contributed by atoms with Crippen LogP contribution >= 0.6 is 15.9 Å². The predicted molar refractivity (Wildman–Crippen MR) is 119 cm³/mol. The van der Waals surface area contributed by atoms with Crippen molar-refractivity contribution in [1.29, 1.82) is 0 Å². The Balaban J connectivity index is 1.69. The topological polar surface area (TPSA) is 76.5 Å². The SMILES string of the molecule is CCn1ncc(NC(=O)c2ccc(COc3ccccc3Br)cc2)c1C(=O)N(C)C. The molecule has 1 heterocycles. The molecule has 0 aliphatic rings. The van der Waals surface area contributed by atoms with E-state index in [0.29, 0.717) is 30.1 Å². The second-order valence-corrected chi connectivity index (χ2v) is 7.65. The summed E-state index contributed by atoms with van der Waals surface area (Å²) < 4.78 is 8.25. The number of amides is 2. The van der Waals surface area contributed by atoms with Crippen LogP contribution in [0.4, 0.5) is 5.69 Å². The molecular weight excluding hydrogens is 448 g/mol. The molecule has 0 spiro atoms. The average Bonchev–Trinajstić information content (AvgIpc) is 3.15. The van der Waals surface area contributed by atoms with Gasteiger partial charge in [0.1, 0.15) is 18.1 Å². The first-order valence-corrected chi connectivity index (χ1v) is 10.2. The fraction of sp³-hybridized carbons (Fsp3) is 0.227. The van der Waals surface area contributed by atoms with E-state index in [1.165, 1.54) is 11.1 Å². The van der Waals surface area contributed by atoms with Gasteiger partial charge in [-0.05, 0) is 52.7 Å². The second-order valence-electron chi connectivity index (χ2n) is 6.79. The molecule has 3 rings (SSSR count). The molecule has 0 aliphatic heterocycles. The maximum absolute atomic E-state index is 12.7. The first-order chi connectivity index (χ1) is 14.4. The Bertz CT molecular complexity index is 1040. The van der Waals surface area contributed by atoms with E-state index in [9.17, 15) is 9.59 Å². The van der Waals surface area contributed by atoms with Gasteiger partial charge in [0.05, 0.1) is 16.4 Å². The number of aryl methyl sites for hydroxylation is 1. The van der Waals surface area contributed by atoms with Gasteiger partial charge in [0.15, 0.2) is 0 Å². The summed E-state index contributed by atoms with van der Waals surface area (Å²) >= 11 is 3.45. The first-order valence-electron chi connectivity index (χ1n) is 9.45. The number of hydrogen-bond acceptors (Lipinski definition) is 4. The normalized spacial score (nSPS) is 10.5. The van der Waals surface area contributed by atoms with Crippen LogP contribution in [0.5, 0.6) is 5.75 Å². The molecule has 1 N–H and O–H groups in total. The van der Waals surface area contributed by atoms with Crippen molar-refractivity contribution < 1.29 is 14.3 Å². The van der Waals surface area contributed by atoms with Crippen LogP contribution in [0, 0.1) is 0 Å². The minimum absolute atomic E-state index is 0.218. The molecule has 0 saturated carbocycles. The number of benzene rings is 2. The number of carbonyl (C=O) groups is 2. The number of halogens is 1. The van der Waals surface area contributed by atoms with E-state index in [1.807, 2.05) is 43.3 Å². The second kappa shape index (κ2) is 9.58. The quantitative estimate of drug-likeness (QED) is 0.561. The highest BCUT2D eigenvalue weighted by atomic mass is 79.9. The van der Waals surface area contributed by atoms with Crippen LogP contribution in [0.3, 0.4) is 0 Å². The van der Waals surface area contributed by atoms with Gasteiger partial charge in [0.25, 0.3) is 11.8 Å². The highest BCUT2D eigenvalue weighted by molar-refractivity contribution is 9.10. The van der Waals surface area contributed by atoms with Crippen LogP contribution in [-0.2, 0) is 13.2 Å². The van der Waals surface area contributed by atoms with Crippen molar-refractivity contribution >= 4 is 33.4 Å². The number of ether oxygens (including phenoxy) is 1. The van der Waals surface area contributed by atoms with Gasteiger partial charge >= 0.3 is 0 Å². The van der Waals surface area contributed by atoms with E-state index in [2.05, 4.69) is 26.3 Å². The summed E-state index contributed by atoms with van der Waals surface area (Å²) in [4.78, 5) is 26.6. The lowest BCUT2D eigenvalue weighted by Gasteiger charge is -2.13. The Morgan fingerprint density at radius 1 is 1.13 bits per heavy atom. The summed E-state index contributed by atoms with van der Waals surface area (Å²) in [7, 11) is 3.32. The van der Waals surface area contributed by atoms with Gasteiger partial charge in [-0.25, -0.2) is 0 Å². The van der Waals surface area contributed by atoms with E-state index >= 15 is 0 Å². The molecule has 7 nitrogen and oxygen atoms in total. The molecule has 0 bridgehead atoms. The number of para-hydroxylation sites is 1. The fourth-order valence-corrected chi connectivity index (χ4v) is 3.22. The first kappa shape index (κ1) is 21.6. The highest BCUT2D eigenvalue weighted by Crippen LogP contribution is 2.25. The van der Waals surface area contributed by atoms with E-state index in [4.69, 9.17) is 4.74 Å². The van der Waals surface area contributed by atoms with Gasteiger partial charge in [-0.15, -0.1) is 0 Å². The molecule has 3 aromatic rings. The lowest BCUT2D eigenvalue weighted by atomic mass is 10.1. The zero-order valence-electron chi connectivity index (χ0n) is 17.1. The van der Waals surface area contributed by atoms with Crippen LogP contribution in [0.15, 0.2) is 59.2 Å². The Labute approximate surface area is 183 Å². The zero-order chi connectivity index (χ0) is 21.7. The number of nitrogens with zero attached hydrogens (tertiary/aromatic N) is 3. The van der Waals surface area contributed by atoms with E-state index in [0.717, 1.165) is 15.8 Å². The molecule has 1 aromatic heterocycles. The number of nitrogens with one attached hydrogen (secondary N) is 1. The van der Waals surface area contributed by atoms with Crippen molar-refractivity contribution in [3.05, 3.63) is 76.0 Å². The third kappa shape index (κ3) is 4.88. The molecule has 0 atom stereocenters. The molecule has 0 unspecified atom stereocenters. The molecule has 30 heavy (non-hydrogen) atoms. The Morgan fingerprint density at radius 3 is 2.47 bits per heavy atom. The van der Waals surface area contributed by atoms with Crippen LogP contribution in [0.2, 0.25) is 0 Å². The molecular formula is C22H23BrN4O3. The van der Waals surface area contributed by atoms with E-state index < -0.39 is 0 Å². The summed E-state index contributed by atoms with van der Waals surface area (Å²) in [5.74, 6) is 0.228. The molecule has 0 fully saturated rings. The number of anilines is 1. The summed E-state index contributed by atoms with van der Waals surface area (Å²) in [6, 6.07) is 14.8. The molecule has 0 radical (unpaired) electrons. The number of aromatic nitrogens is 2. The zero-order valence-corrected chi connectivity index (χ0v) is 18.6. The van der Waals surface area contributed by atoms with Crippen LogP contribution in [0.1, 0.15) is 33.3 Å². The van der Waals surface area contributed by atoms with E-state index in [-0.39, 0.29) is 11.8 Å². The van der Waals surface area contributed by atoms with Crippen LogP contribution < -0.4 is 10.1 Å². The van der Waals surface area contributed by atoms with Gasteiger partial charge in [0.2, 0.25) is 0 Å². The van der Waals surface area contributed by atoms with Crippen molar-refractivity contribution in [2.45, 2.75) is 20.1 Å². The standard InChI is InChI=1S/C22H23BrN4O3/c1-4-27-20(22(29)26(2)3)18(13-24-27)25-21(28)16-11-9-15(10-12-16)14-30-19-8-6-5-7-17(19)23/h5-13H,4,14H2,1-3H3,(H,25,28). The Kier molecular flexibility index (Phi) is 6.89. The van der Waals surface area contributed by atoms with Crippen molar-refractivity contribution in [3.63, 3.8) is 0 Å². The molecule has 156 valence electrons. The Morgan fingerprint density at radius 2 is 1.83 bits per heavy atom. The maximum atomic E-state index is 12.7. The minimum Gasteiger partial charge on any atom is -0.488 e. The molecule has 2 aromatic carbocycles. The van der Waals surface area contributed by atoms with Gasteiger partial charge < -0.3 is 15.0 Å². The lowest BCUT2D eigenvalue weighted by Crippen LogP contribution is -2.26. The molecule has 2 amide bonds. The Hall–Kier alpha value is -3.13. The van der Waals surface area contributed by atoms with Gasteiger partial charge in [-0.2, -0.15) is 5.10 Å². The predicted octanol–water partition coefficient (Wildman–Crippen LogP) is 4.20. The third-order valence-electron chi connectivity index (χ3n) is 4.44. The molecule has 8 heteroatoms. The van der Waals surface area contributed by atoms with Crippen molar-refractivity contribution in [1.82, 2.24) is 14.7 Å².